The number of hydrogen-bond acceptors (Lipinski definition) is 7. The Hall–Kier alpha value is -2.81. The van der Waals surface area contributed by atoms with Gasteiger partial charge in [-0.1, -0.05) is 11.2 Å². The molecule has 0 aliphatic carbocycles. The molecule has 2 heterocycles. The van der Waals surface area contributed by atoms with E-state index in [1.54, 1.807) is 30.2 Å². The van der Waals surface area contributed by atoms with Gasteiger partial charge in [-0.3, -0.25) is 4.79 Å². The highest BCUT2D eigenvalue weighted by molar-refractivity contribution is 7.91. The lowest BCUT2D eigenvalue weighted by Crippen LogP contribution is -2.40. The van der Waals surface area contributed by atoms with Gasteiger partial charge in [0.15, 0.2) is 21.3 Å². The van der Waals surface area contributed by atoms with Crippen LogP contribution in [-0.4, -0.2) is 55.6 Å². The average molecular weight is 449 g/mol. The summed E-state index contributed by atoms with van der Waals surface area (Å²) in [4.78, 5) is 14.2. The van der Waals surface area contributed by atoms with Crippen molar-refractivity contribution in [3.05, 3.63) is 46.9 Å². The number of rotatable bonds is 8. The summed E-state index contributed by atoms with van der Waals surface area (Å²) >= 11 is 0. The van der Waals surface area contributed by atoms with Crippen LogP contribution >= 0.6 is 0 Å². The zero-order valence-corrected chi connectivity index (χ0v) is 19.1. The molecule has 0 saturated carbocycles. The first-order valence-electron chi connectivity index (χ1n) is 10.2. The second-order valence-corrected chi connectivity index (χ2v) is 9.74. The van der Waals surface area contributed by atoms with Gasteiger partial charge in [0.2, 0.25) is 5.91 Å². The molecule has 0 radical (unpaired) electrons. The minimum Gasteiger partial charge on any atom is -0.493 e. The minimum atomic E-state index is -3.05. The highest BCUT2D eigenvalue weighted by Gasteiger charge is 2.33. The first kappa shape index (κ1) is 22.9. The molecule has 1 atom stereocenters. The Balaban J connectivity index is 1.68. The summed E-state index contributed by atoms with van der Waals surface area (Å²) in [5.41, 5.74) is 2.44. The Kier molecular flexibility index (Phi) is 7.04. The van der Waals surface area contributed by atoms with E-state index in [1.807, 2.05) is 26.8 Å². The maximum absolute atomic E-state index is 12.6. The van der Waals surface area contributed by atoms with Crippen LogP contribution in [0.5, 0.6) is 11.5 Å². The molecule has 1 unspecified atom stereocenters. The number of aryl methyl sites for hydroxylation is 2. The fraction of sp³-hybridized carbons (Fsp3) is 0.455. The van der Waals surface area contributed by atoms with E-state index < -0.39 is 9.84 Å². The lowest BCUT2D eigenvalue weighted by Gasteiger charge is -2.25. The van der Waals surface area contributed by atoms with Gasteiger partial charge in [-0.15, -0.1) is 0 Å². The maximum Gasteiger partial charge on any atom is 0.246 e. The summed E-state index contributed by atoms with van der Waals surface area (Å²) in [6.45, 7) is 6.31. The lowest BCUT2D eigenvalue weighted by atomic mass is 10.1. The van der Waals surface area contributed by atoms with Crippen molar-refractivity contribution in [1.82, 2.24) is 10.1 Å². The van der Waals surface area contributed by atoms with Gasteiger partial charge < -0.3 is 18.9 Å². The lowest BCUT2D eigenvalue weighted by molar-refractivity contribution is -0.127. The van der Waals surface area contributed by atoms with Gasteiger partial charge >= 0.3 is 0 Å². The van der Waals surface area contributed by atoms with Crippen LogP contribution < -0.4 is 9.47 Å². The molecule has 168 valence electrons. The number of carbonyl (C=O) groups excluding carboxylic acids is 1. The van der Waals surface area contributed by atoms with E-state index in [9.17, 15) is 13.2 Å². The van der Waals surface area contributed by atoms with E-state index in [0.29, 0.717) is 36.8 Å². The van der Waals surface area contributed by atoms with Crippen LogP contribution in [0.15, 0.2) is 28.8 Å². The Labute approximate surface area is 182 Å². The first-order valence-corrected chi connectivity index (χ1v) is 12.0. The second kappa shape index (κ2) is 9.55. The van der Waals surface area contributed by atoms with E-state index in [4.69, 9.17) is 14.0 Å². The van der Waals surface area contributed by atoms with Crippen molar-refractivity contribution < 1.29 is 27.2 Å². The van der Waals surface area contributed by atoms with E-state index in [0.717, 1.165) is 16.8 Å². The van der Waals surface area contributed by atoms with Crippen LogP contribution in [0.4, 0.5) is 0 Å². The second-order valence-electron chi connectivity index (χ2n) is 7.52. The third-order valence-corrected chi connectivity index (χ3v) is 7.18. The van der Waals surface area contributed by atoms with Gasteiger partial charge in [0, 0.05) is 18.7 Å². The van der Waals surface area contributed by atoms with Crippen molar-refractivity contribution in [2.24, 2.45) is 0 Å². The largest absolute Gasteiger partial charge is 0.493 e. The Morgan fingerprint density at radius 1 is 1.32 bits per heavy atom. The van der Waals surface area contributed by atoms with Gasteiger partial charge in [0.05, 0.1) is 29.9 Å². The standard InChI is InChI=1S/C22H28N2O6S/c1-5-24(18-10-11-31(26,27)14-18)22(25)9-7-17-6-8-20(21(12-17)28-4)29-13-19-15(2)23-30-16(19)3/h6-9,12,18H,5,10-11,13-14H2,1-4H3. The Bertz CT molecular complexity index is 1050. The fourth-order valence-corrected chi connectivity index (χ4v) is 5.37. The zero-order chi connectivity index (χ0) is 22.6. The summed E-state index contributed by atoms with van der Waals surface area (Å²) in [5.74, 6) is 1.78. The summed E-state index contributed by atoms with van der Waals surface area (Å²) in [6, 6.07) is 5.12. The number of benzene rings is 1. The molecule has 0 N–H and O–H groups in total. The first-order chi connectivity index (χ1) is 14.7. The van der Waals surface area contributed by atoms with E-state index in [-0.39, 0.29) is 23.5 Å². The highest BCUT2D eigenvalue weighted by atomic mass is 32.2. The summed E-state index contributed by atoms with van der Waals surface area (Å²) < 4.78 is 39.9. The number of methoxy groups -OCH3 is 1. The molecule has 3 rings (SSSR count). The molecule has 2 aromatic rings. The predicted molar refractivity (Wildman–Crippen MR) is 117 cm³/mol. The fourth-order valence-electron chi connectivity index (χ4n) is 3.64. The summed E-state index contributed by atoms with van der Waals surface area (Å²) in [6.07, 6.45) is 3.64. The molecule has 0 spiro atoms. The van der Waals surface area contributed by atoms with E-state index in [1.165, 1.54) is 6.08 Å². The van der Waals surface area contributed by atoms with Crippen molar-refractivity contribution in [2.45, 2.75) is 39.8 Å². The van der Waals surface area contributed by atoms with Crippen molar-refractivity contribution in [1.29, 1.82) is 0 Å². The van der Waals surface area contributed by atoms with Crippen molar-refractivity contribution in [3.63, 3.8) is 0 Å². The highest BCUT2D eigenvalue weighted by Crippen LogP contribution is 2.30. The van der Waals surface area contributed by atoms with Crippen molar-refractivity contribution in [2.75, 3.05) is 25.2 Å². The van der Waals surface area contributed by atoms with Crippen LogP contribution in [-0.2, 0) is 21.2 Å². The van der Waals surface area contributed by atoms with E-state index >= 15 is 0 Å². The van der Waals surface area contributed by atoms with Gasteiger partial charge in [0.25, 0.3) is 0 Å². The SMILES string of the molecule is CCN(C(=O)C=Cc1ccc(OCc2c(C)noc2C)c(OC)c1)C1CCS(=O)(=O)C1. The van der Waals surface area contributed by atoms with Crippen LogP contribution in [0, 0.1) is 13.8 Å². The smallest absolute Gasteiger partial charge is 0.246 e. The zero-order valence-electron chi connectivity index (χ0n) is 18.3. The van der Waals surface area contributed by atoms with Gasteiger partial charge in [-0.05, 0) is 51.0 Å². The molecule has 1 amide bonds. The predicted octanol–water partition coefficient (Wildman–Crippen LogP) is 2.93. The Morgan fingerprint density at radius 2 is 2.10 bits per heavy atom. The summed E-state index contributed by atoms with van der Waals surface area (Å²) in [7, 11) is -1.50. The molecule has 1 saturated heterocycles. The number of carbonyl (C=O) groups is 1. The van der Waals surface area contributed by atoms with Crippen LogP contribution in [0.2, 0.25) is 0 Å². The monoisotopic (exact) mass is 448 g/mol. The molecule has 8 nitrogen and oxygen atoms in total. The third kappa shape index (κ3) is 5.46. The average Bonchev–Trinajstić information content (AvgIpc) is 3.26. The van der Waals surface area contributed by atoms with E-state index in [2.05, 4.69) is 5.16 Å². The normalized spacial score (nSPS) is 17.7. The molecule has 1 fully saturated rings. The van der Waals surface area contributed by atoms with Gasteiger partial charge in [-0.2, -0.15) is 0 Å². The third-order valence-electron chi connectivity index (χ3n) is 5.43. The topological polar surface area (TPSA) is 98.9 Å². The Morgan fingerprint density at radius 3 is 2.68 bits per heavy atom. The molecular formula is C22H28N2O6S. The number of hydrogen-bond donors (Lipinski definition) is 0. The summed E-state index contributed by atoms with van der Waals surface area (Å²) in [5, 5.41) is 3.92. The maximum atomic E-state index is 12.6. The van der Waals surface area contributed by atoms with Crippen LogP contribution in [0.3, 0.4) is 0 Å². The number of likely N-dealkylation sites (N-methyl/N-ethyl adjacent to an activating group) is 1. The van der Waals surface area contributed by atoms with Gasteiger partial charge in [0.1, 0.15) is 12.4 Å². The molecule has 1 aliphatic heterocycles. The van der Waals surface area contributed by atoms with Crippen molar-refractivity contribution >= 4 is 21.8 Å². The number of amides is 1. The molecule has 0 bridgehead atoms. The van der Waals surface area contributed by atoms with Crippen molar-refractivity contribution in [3.8, 4) is 11.5 Å². The molecule has 1 aromatic carbocycles. The van der Waals surface area contributed by atoms with Crippen LogP contribution in [0.1, 0.15) is 35.9 Å². The van der Waals surface area contributed by atoms with Crippen LogP contribution in [0.25, 0.3) is 6.08 Å². The number of sulfone groups is 1. The molecule has 9 heteroatoms. The number of ether oxygens (including phenoxy) is 2. The minimum absolute atomic E-state index is 0.0331. The number of nitrogens with zero attached hydrogens (tertiary/aromatic N) is 2. The molecule has 1 aromatic heterocycles. The number of aromatic nitrogens is 1. The molecule has 1 aliphatic rings. The molecule has 31 heavy (non-hydrogen) atoms. The molecular weight excluding hydrogens is 420 g/mol. The van der Waals surface area contributed by atoms with Gasteiger partial charge in [-0.25, -0.2) is 8.42 Å². The quantitative estimate of drug-likeness (QED) is 0.573.